The van der Waals surface area contributed by atoms with Crippen LogP contribution in [0.4, 0.5) is 0 Å². The van der Waals surface area contributed by atoms with E-state index in [1.165, 1.54) is 0 Å². The molecule has 0 radical (unpaired) electrons. The van der Waals surface area contributed by atoms with E-state index in [4.69, 9.17) is 10.5 Å². The average Bonchev–Trinajstić information content (AvgIpc) is 2.17. The van der Waals surface area contributed by atoms with Crippen molar-refractivity contribution in [3.63, 3.8) is 0 Å². The van der Waals surface area contributed by atoms with Crippen molar-refractivity contribution < 1.29 is 10.2 Å². The zero-order valence-electron chi connectivity index (χ0n) is 7.79. The van der Waals surface area contributed by atoms with Gasteiger partial charge in [0.15, 0.2) is 11.5 Å². The van der Waals surface area contributed by atoms with E-state index in [2.05, 4.69) is 0 Å². The highest BCUT2D eigenvalue weighted by atomic mass is 16.3. The van der Waals surface area contributed by atoms with Gasteiger partial charge in [-0.1, -0.05) is 0 Å². The second-order valence-corrected chi connectivity index (χ2v) is 2.92. The van der Waals surface area contributed by atoms with Crippen molar-refractivity contribution in [2.45, 2.75) is 13.8 Å². The molecule has 1 aromatic carbocycles. The Hall–Kier alpha value is -2.20. The molecule has 0 fully saturated rings. The second-order valence-electron chi connectivity index (χ2n) is 2.92. The van der Waals surface area contributed by atoms with E-state index >= 15 is 0 Å². The van der Waals surface area contributed by atoms with Crippen LogP contribution in [0.5, 0.6) is 11.5 Å². The highest BCUT2D eigenvalue weighted by Gasteiger charge is 2.18. The number of hydrogen-bond acceptors (Lipinski definition) is 4. The van der Waals surface area contributed by atoms with Crippen molar-refractivity contribution in [3.8, 4) is 23.6 Å². The Kier molecular flexibility index (Phi) is 2.31. The Labute approximate surface area is 81.3 Å². The monoisotopic (exact) mass is 188 g/mol. The molecule has 0 unspecified atom stereocenters. The number of rotatable bonds is 0. The maximum absolute atomic E-state index is 9.39. The minimum atomic E-state index is -0.521. The van der Waals surface area contributed by atoms with Crippen LogP contribution in [0.15, 0.2) is 0 Å². The van der Waals surface area contributed by atoms with Crippen LogP contribution in [-0.4, -0.2) is 10.2 Å². The molecule has 4 heteroatoms. The van der Waals surface area contributed by atoms with E-state index in [-0.39, 0.29) is 11.1 Å². The normalized spacial score (nSPS) is 9.14. The minimum absolute atomic E-state index is 0.0130. The van der Waals surface area contributed by atoms with E-state index in [1.807, 2.05) is 0 Å². The average molecular weight is 188 g/mol. The van der Waals surface area contributed by atoms with Crippen molar-refractivity contribution in [2.75, 3.05) is 0 Å². The predicted molar refractivity (Wildman–Crippen MR) is 48.7 cm³/mol. The molecule has 0 spiro atoms. The van der Waals surface area contributed by atoms with Gasteiger partial charge >= 0.3 is 0 Å². The van der Waals surface area contributed by atoms with Gasteiger partial charge in [0, 0.05) is 0 Å². The summed E-state index contributed by atoms with van der Waals surface area (Å²) < 4.78 is 0. The lowest BCUT2D eigenvalue weighted by molar-refractivity contribution is 0.400. The molecule has 0 aliphatic rings. The number of benzene rings is 1. The Morgan fingerprint density at radius 3 is 1.36 bits per heavy atom. The zero-order valence-corrected chi connectivity index (χ0v) is 7.79. The summed E-state index contributed by atoms with van der Waals surface area (Å²) in [5.41, 5.74) is 1.05. The first-order chi connectivity index (χ1) is 6.54. The molecule has 0 saturated carbocycles. The summed E-state index contributed by atoms with van der Waals surface area (Å²) in [5.74, 6) is -1.04. The third-order valence-electron chi connectivity index (χ3n) is 2.23. The van der Waals surface area contributed by atoms with Crippen molar-refractivity contribution in [2.24, 2.45) is 0 Å². The third kappa shape index (κ3) is 1.14. The quantitative estimate of drug-likeness (QED) is 0.603. The van der Waals surface area contributed by atoms with Gasteiger partial charge in [-0.3, -0.25) is 0 Å². The first-order valence-corrected chi connectivity index (χ1v) is 3.89. The molecule has 1 aromatic rings. The van der Waals surface area contributed by atoms with Gasteiger partial charge < -0.3 is 10.2 Å². The summed E-state index contributed by atoms with van der Waals surface area (Å²) in [6.45, 7) is 3.24. The van der Waals surface area contributed by atoms with E-state index in [0.29, 0.717) is 11.1 Å². The third-order valence-corrected chi connectivity index (χ3v) is 2.23. The van der Waals surface area contributed by atoms with Crippen LogP contribution in [0.1, 0.15) is 22.3 Å². The summed E-state index contributed by atoms with van der Waals surface area (Å²) in [7, 11) is 0. The number of phenols is 2. The van der Waals surface area contributed by atoms with Crippen LogP contribution < -0.4 is 0 Å². The molecule has 2 N–H and O–H groups in total. The molecule has 0 aromatic heterocycles. The second kappa shape index (κ2) is 3.27. The molecule has 70 valence electrons. The molecule has 0 heterocycles. The molecule has 4 nitrogen and oxygen atoms in total. The molecular formula is C10H8N2O2. The maximum Gasteiger partial charge on any atom is 0.177 e. The molecular weight excluding hydrogens is 180 g/mol. The van der Waals surface area contributed by atoms with Crippen molar-refractivity contribution >= 4 is 0 Å². The Balaban J connectivity index is 3.77. The van der Waals surface area contributed by atoms with Crippen LogP contribution in [0.2, 0.25) is 0 Å². The summed E-state index contributed by atoms with van der Waals surface area (Å²) in [5, 5.41) is 36.2. The van der Waals surface area contributed by atoms with E-state index < -0.39 is 11.5 Å². The Morgan fingerprint density at radius 2 is 1.14 bits per heavy atom. The molecule has 0 bridgehead atoms. The lowest BCUT2D eigenvalue weighted by Gasteiger charge is -2.09. The Bertz CT molecular complexity index is 404. The topological polar surface area (TPSA) is 88.0 Å². The number of nitrogens with zero attached hydrogens (tertiary/aromatic N) is 2. The number of aromatic hydroxyl groups is 2. The van der Waals surface area contributed by atoms with Crippen LogP contribution in [0.25, 0.3) is 0 Å². The fourth-order valence-electron chi connectivity index (χ4n) is 1.24. The van der Waals surface area contributed by atoms with Crippen LogP contribution in [0, 0.1) is 36.5 Å². The number of nitriles is 2. The fourth-order valence-corrected chi connectivity index (χ4v) is 1.24. The largest absolute Gasteiger partial charge is 0.503 e. The zero-order chi connectivity index (χ0) is 10.9. The molecule has 1 rings (SSSR count). The van der Waals surface area contributed by atoms with Crippen LogP contribution >= 0.6 is 0 Å². The van der Waals surface area contributed by atoms with E-state index in [0.717, 1.165) is 0 Å². The smallest absolute Gasteiger partial charge is 0.177 e. The summed E-state index contributed by atoms with van der Waals surface area (Å²) in [4.78, 5) is 0. The first-order valence-electron chi connectivity index (χ1n) is 3.89. The highest BCUT2D eigenvalue weighted by Crippen LogP contribution is 2.36. The Morgan fingerprint density at radius 1 is 0.857 bits per heavy atom. The van der Waals surface area contributed by atoms with Crippen LogP contribution in [0.3, 0.4) is 0 Å². The van der Waals surface area contributed by atoms with Gasteiger partial charge in [0.1, 0.15) is 23.3 Å². The van der Waals surface area contributed by atoms with Gasteiger partial charge in [-0.25, -0.2) is 0 Å². The molecule has 0 saturated heterocycles. The summed E-state index contributed by atoms with van der Waals surface area (Å²) in [6.07, 6.45) is 0. The van der Waals surface area contributed by atoms with E-state index in [1.54, 1.807) is 26.0 Å². The van der Waals surface area contributed by atoms with Crippen molar-refractivity contribution in [3.05, 3.63) is 22.3 Å². The van der Waals surface area contributed by atoms with Gasteiger partial charge in [-0.05, 0) is 25.0 Å². The SMILES string of the molecule is Cc1c(C)c(C#N)c(O)c(O)c1C#N. The number of hydrogen-bond donors (Lipinski definition) is 2. The standard InChI is InChI=1S/C10H8N2O2/c1-5-6(2)8(4-12)10(14)9(13)7(5)3-11/h13-14H,1-2H3. The molecule has 0 aliphatic heterocycles. The lowest BCUT2D eigenvalue weighted by atomic mass is 9.97. The lowest BCUT2D eigenvalue weighted by Crippen LogP contribution is -1.94. The fraction of sp³-hybridized carbons (Fsp3) is 0.200. The number of phenolic OH excluding ortho intramolecular Hbond substituents is 2. The van der Waals surface area contributed by atoms with Crippen molar-refractivity contribution in [1.29, 1.82) is 10.5 Å². The highest BCUT2D eigenvalue weighted by molar-refractivity contribution is 5.65. The first kappa shape index (κ1) is 9.88. The summed E-state index contributed by atoms with van der Waals surface area (Å²) in [6, 6.07) is 3.55. The van der Waals surface area contributed by atoms with Gasteiger partial charge in [0.2, 0.25) is 0 Å². The molecule has 0 amide bonds. The maximum atomic E-state index is 9.39. The molecule has 0 aliphatic carbocycles. The molecule has 0 atom stereocenters. The van der Waals surface area contributed by atoms with Gasteiger partial charge in [-0.15, -0.1) is 0 Å². The van der Waals surface area contributed by atoms with Crippen molar-refractivity contribution in [1.82, 2.24) is 0 Å². The predicted octanol–water partition coefficient (Wildman–Crippen LogP) is 1.46. The summed E-state index contributed by atoms with van der Waals surface area (Å²) >= 11 is 0. The van der Waals surface area contributed by atoms with Gasteiger partial charge in [0.05, 0.1) is 0 Å². The van der Waals surface area contributed by atoms with Crippen LogP contribution in [-0.2, 0) is 0 Å². The van der Waals surface area contributed by atoms with Gasteiger partial charge in [-0.2, -0.15) is 10.5 Å². The molecule has 14 heavy (non-hydrogen) atoms. The van der Waals surface area contributed by atoms with Gasteiger partial charge in [0.25, 0.3) is 0 Å². The van der Waals surface area contributed by atoms with E-state index in [9.17, 15) is 10.2 Å². The minimum Gasteiger partial charge on any atom is -0.503 e.